The zero-order valence-corrected chi connectivity index (χ0v) is 15.4. The van der Waals surface area contributed by atoms with E-state index >= 15 is 0 Å². The fourth-order valence-electron chi connectivity index (χ4n) is 3.08. The van der Waals surface area contributed by atoms with Crippen LogP contribution in [0.1, 0.15) is 33.6 Å². The zero-order valence-electron chi connectivity index (χ0n) is 15.4. The van der Waals surface area contributed by atoms with Gasteiger partial charge >= 0.3 is 11.9 Å². The third kappa shape index (κ3) is 4.31. The van der Waals surface area contributed by atoms with Crippen molar-refractivity contribution in [2.45, 2.75) is 51.9 Å². The lowest BCUT2D eigenvalue weighted by atomic mass is 9.85. The fraction of sp³-hybridized carbons (Fsp3) is 0.500. The van der Waals surface area contributed by atoms with Gasteiger partial charge in [0.15, 0.2) is 0 Å². The molecule has 0 spiro atoms. The van der Waals surface area contributed by atoms with Gasteiger partial charge in [0.25, 0.3) is 0 Å². The van der Waals surface area contributed by atoms with Crippen LogP contribution in [0.5, 0.6) is 0 Å². The average molecular weight is 362 g/mol. The van der Waals surface area contributed by atoms with Gasteiger partial charge in [-0.25, -0.2) is 9.59 Å². The fourth-order valence-corrected chi connectivity index (χ4v) is 3.08. The van der Waals surface area contributed by atoms with Crippen LogP contribution >= 0.6 is 0 Å². The van der Waals surface area contributed by atoms with E-state index in [0.29, 0.717) is 23.1 Å². The summed E-state index contributed by atoms with van der Waals surface area (Å²) >= 11 is 0. The van der Waals surface area contributed by atoms with Gasteiger partial charge in [-0.2, -0.15) is 0 Å². The highest BCUT2D eigenvalue weighted by Crippen LogP contribution is 2.36. The van der Waals surface area contributed by atoms with Crippen LogP contribution in [0.4, 0.5) is 0 Å². The van der Waals surface area contributed by atoms with Crippen molar-refractivity contribution in [1.29, 1.82) is 0 Å². The lowest BCUT2D eigenvalue weighted by Gasteiger charge is -2.28. The first-order valence-electron chi connectivity index (χ1n) is 8.67. The summed E-state index contributed by atoms with van der Waals surface area (Å²) in [5.74, 6) is -1.61. The summed E-state index contributed by atoms with van der Waals surface area (Å²) in [7, 11) is 0. The van der Waals surface area contributed by atoms with Crippen molar-refractivity contribution in [2.24, 2.45) is 5.92 Å². The highest BCUT2D eigenvalue weighted by molar-refractivity contribution is 5.92. The second-order valence-electron chi connectivity index (χ2n) is 6.72. The molecule has 1 aliphatic carbocycles. The van der Waals surface area contributed by atoms with Crippen molar-refractivity contribution in [2.75, 3.05) is 6.61 Å². The van der Waals surface area contributed by atoms with Crippen molar-refractivity contribution in [3.8, 4) is 0 Å². The number of carbonyl (C=O) groups excluding carboxylic acids is 2. The predicted octanol–water partition coefficient (Wildman–Crippen LogP) is 1.98. The Morgan fingerprint density at radius 3 is 2.81 bits per heavy atom. The highest BCUT2D eigenvalue weighted by Gasteiger charge is 2.44. The Morgan fingerprint density at radius 1 is 1.50 bits per heavy atom. The van der Waals surface area contributed by atoms with Gasteiger partial charge in [0.2, 0.25) is 0 Å². The summed E-state index contributed by atoms with van der Waals surface area (Å²) in [5, 5.41) is 19.9. The van der Waals surface area contributed by atoms with Crippen molar-refractivity contribution in [1.82, 2.24) is 0 Å². The highest BCUT2D eigenvalue weighted by atomic mass is 16.6. The number of fused-ring (bicyclic) bond motifs is 1. The number of rotatable bonds is 3. The van der Waals surface area contributed by atoms with E-state index in [1.807, 2.05) is 0 Å². The van der Waals surface area contributed by atoms with Gasteiger partial charge in [-0.05, 0) is 44.4 Å². The quantitative estimate of drug-likeness (QED) is 0.453. The molecule has 2 rings (SSSR count). The van der Waals surface area contributed by atoms with Gasteiger partial charge in [0, 0.05) is 17.6 Å². The molecule has 0 radical (unpaired) electrons. The van der Waals surface area contributed by atoms with Crippen LogP contribution in [-0.2, 0) is 19.1 Å². The second-order valence-corrected chi connectivity index (χ2v) is 6.72. The van der Waals surface area contributed by atoms with Crippen LogP contribution in [0.2, 0.25) is 0 Å². The molecule has 0 amide bonds. The van der Waals surface area contributed by atoms with Gasteiger partial charge in [-0.3, -0.25) is 0 Å². The lowest BCUT2D eigenvalue weighted by Crippen LogP contribution is -2.34. The summed E-state index contributed by atoms with van der Waals surface area (Å²) in [5.41, 5.74) is 1.95. The third-order valence-electron chi connectivity index (χ3n) is 4.92. The maximum atomic E-state index is 12.3. The standard InChI is InChI=1S/C20H26O6/c1-5-11(2)19(23)25-17-9-14(10-21)6-7-15(22)12(3)8-16-18(17)13(4)20(24)26-16/h5-6,8,15-18,21-22H,4,7,9-10H2,1-3H3. The minimum Gasteiger partial charge on any atom is -0.458 e. The first-order valence-corrected chi connectivity index (χ1v) is 8.67. The Hall–Kier alpha value is -2.18. The molecule has 2 aliphatic rings. The van der Waals surface area contributed by atoms with Crippen LogP contribution < -0.4 is 0 Å². The Balaban J connectivity index is 2.45. The topological polar surface area (TPSA) is 93.1 Å². The second kappa shape index (κ2) is 8.47. The van der Waals surface area contributed by atoms with E-state index in [4.69, 9.17) is 9.47 Å². The molecule has 4 unspecified atom stereocenters. The van der Waals surface area contributed by atoms with E-state index in [1.54, 1.807) is 39.0 Å². The third-order valence-corrected chi connectivity index (χ3v) is 4.92. The Bertz CT molecular complexity index is 684. The molecule has 1 fully saturated rings. The molecule has 1 heterocycles. The number of carbonyl (C=O) groups is 2. The molecule has 2 N–H and O–H groups in total. The summed E-state index contributed by atoms with van der Waals surface area (Å²) in [6, 6.07) is 0. The SMILES string of the molecule is C=C1C(=O)OC2C=C(C)C(O)CC=C(CO)CC(OC(=O)C(C)=CC)C12. The number of aliphatic hydroxyl groups is 2. The molecule has 6 heteroatoms. The van der Waals surface area contributed by atoms with Crippen LogP contribution in [0.25, 0.3) is 0 Å². The van der Waals surface area contributed by atoms with E-state index in [2.05, 4.69) is 6.58 Å². The molecular formula is C20H26O6. The monoisotopic (exact) mass is 362 g/mol. The molecular weight excluding hydrogens is 336 g/mol. The average Bonchev–Trinajstić information content (AvgIpc) is 2.89. The number of aliphatic hydroxyl groups excluding tert-OH is 2. The minimum atomic E-state index is -0.742. The van der Waals surface area contributed by atoms with E-state index in [-0.39, 0.29) is 18.6 Å². The van der Waals surface area contributed by atoms with Gasteiger partial charge < -0.3 is 19.7 Å². The van der Waals surface area contributed by atoms with E-state index in [9.17, 15) is 19.8 Å². The van der Waals surface area contributed by atoms with E-state index < -0.39 is 36.2 Å². The number of esters is 2. The van der Waals surface area contributed by atoms with Crippen LogP contribution in [-0.4, -0.2) is 47.1 Å². The van der Waals surface area contributed by atoms with Gasteiger partial charge in [-0.15, -0.1) is 0 Å². The van der Waals surface area contributed by atoms with E-state index in [0.717, 1.165) is 0 Å². The summed E-state index contributed by atoms with van der Waals surface area (Å²) in [6.07, 6.45) is 3.50. The molecule has 0 saturated carbocycles. The Morgan fingerprint density at radius 2 is 2.19 bits per heavy atom. The number of hydrogen-bond acceptors (Lipinski definition) is 6. The van der Waals surface area contributed by atoms with Crippen LogP contribution in [0.3, 0.4) is 0 Å². The summed E-state index contributed by atoms with van der Waals surface area (Å²) in [4.78, 5) is 24.4. The lowest BCUT2D eigenvalue weighted by molar-refractivity contribution is -0.147. The maximum Gasteiger partial charge on any atom is 0.334 e. The molecule has 1 saturated heterocycles. The predicted molar refractivity (Wildman–Crippen MR) is 96.0 cm³/mol. The van der Waals surface area contributed by atoms with Crippen molar-refractivity contribution in [3.05, 3.63) is 47.1 Å². The first-order chi connectivity index (χ1) is 12.3. The Labute approximate surface area is 153 Å². The number of allylic oxidation sites excluding steroid dienone is 1. The largest absolute Gasteiger partial charge is 0.458 e. The zero-order chi connectivity index (χ0) is 19.4. The van der Waals surface area contributed by atoms with E-state index in [1.165, 1.54) is 0 Å². The normalized spacial score (nSPS) is 30.1. The first kappa shape index (κ1) is 20.1. The molecule has 1 aliphatic heterocycles. The van der Waals surface area contributed by atoms with Crippen LogP contribution in [0, 0.1) is 5.92 Å². The molecule has 0 aromatic carbocycles. The summed E-state index contributed by atoms with van der Waals surface area (Å²) < 4.78 is 11.0. The van der Waals surface area contributed by atoms with Gasteiger partial charge in [-0.1, -0.05) is 18.7 Å². The smallest absolute Gasteiger partial charge is 0.334 e. The summed E-state index contributed by atoms with van der Waals surface area (Å²) in [6.45, 7) is 8.71. The molecule has 26 heavy (non-hydrogen) atoms. The molecule has 0 bridgehead atoms. The number of ether oxygens (including phenoxy) is 2. The van der Waals surface area contributed by atoms with Gasteiger partial charge in [0.05, 0.1) is 18.6 Å². The maximum absolute atomic E-state index is 12.3. The molecule has 0 aromatic rings. The molecule has 4 atom stereocenters. The van der Waals surface area contributed by atoms with Gasteiger partial charge in [0.1, 0.15) is 12.2 Å². The van der Waals surface area contributed by atoms with Crippen molar-refractivity contribution in [3.63, 3.8) is 0 Å². The van der Waals surface area contributed by atoms with Crippen molar-refractivity contribution < 1.29 is 29.3 Å². The minimum absolute atomic E-state index is 0.224. The van der Waals surface area contributed by atoms with Crippen LogP contribution in [0.15, 0.2) is 47.1 Å². The number of hydrogen-bond donors (Lipinski definition) is 2. The molecule has 0 aromatic heterocycles. The van der Waals surface area contributed by atoms with Crippen molar-refractivity contribution >= 4 is 11.9 Å². The molecule has 142 valence electrons. The molecule has 6 nitrogen and oxygen atoms in total. The Kier molecular flexibility index (Phi) is 6.56.